The van der Waals surface area contributed by atoms with Crippen molar-refractivity contribution >= 4 is 23.4 Å². The fourth-order valence-electron chi connectivity index (χ4n) is 3.11. The van der Waals surface area contributed by atoms with Crippen LogP contribution >= 0.6 is 11.6 Å². The number of rotatable bonds is 7. The average Bonchev–Trinajstić information content (AvgIpc) is 2.71. The van der Waals surface area contributed by atoms with E-state index < -0.39 is 6.04 Å². The SMILES string of the molecule is CC(C)C(NC(=O)Cc1ccccc1)C(=O)NCc1cc(Cl)c2c(c1)OCCO2. The van der Waals surface area contributed by atoms with Gasteiger partial charge in [0.05, 0.1) is 11.4 Å². The fourth-order valence-corrected chi connectivity index (χ4v) is 3.39. The Morgan fingerprint density at radius 1 is 1.07 bits per heavy atom. The summed E-state index contributed by atoms with van der Waals surface area (Å²) in [6.07, 6.45) is 0.231. The summed E-state index contributed by atoms with van der Waals surface area (Å²) in [5.74, 6) is 0.615. The molecule has 2 N–H and O–H groups in total. The molecule has 0 spiro atoms. The van der Waals surface area contributed by atoms with Crippen molar-refractivity contribution in [1.29, 1.82) is 0 Å². The first kappa shape index (κ1) is 21.0. The lowest BCUT2D eigenvalue weighted by atomic mass is 10.0. The zero-order valence-electron chi connectivity index (χ0n) is 16.5. The number of amides is 2. The van der Waals surface area contributed by atoms with Gasteiger partial charge in [0.1, 0.15) is 19.3 Å². The van der Waals surface area contributed by atoms with Crippen molar-refractivity contribution in [1.82, 2.24) is 10.6 Å². The molecule has 3 rings (SSSR count). The summed E-state index contributed by atoms with van der Waals surface area (Å²) in [7, 11) is 0. The molecule has 29 heavy (non-hydrogen) atoms. The van der Waals surface area contributed by atoms with Crippen LogP contribution in [0.4, 0.5) is 0 Å². The number of fused-ring (bicyclic) bond motifs is 1. The number of nitrogens with one attached hydrogen (secondary N) is 2. The predicted octanol–water partition coefficient (Wildman–Crippen LogP) is 3.11. The summed E-state index contributed by atoms with van der Waals surface area (Å²) >= 11 is 6.25. The summed E-state index contributed by atoms with van der Waals surface area (Å²) in [5.41, 5.74) is 1.70. The highest BCUT2D eigenvalue weighted by molar-refractivity contribution is 6.32. The molecule has 6 nitrogen and oxygen atoms in total. The summed E-state index contributed by atoms with van der Waals surface area (Å²) < 4.78 is 11.1. The topological polar surface area (TPSA) is 76.7 Å². The molecule has 0 saturated carbocycles. The van der Waals surface area contributed by atoms with E-state index in [4.69, 9.17) is 21.1 Å². The van der Waals surface area contributed by atoms with E-state index in [-0.39, 0.29) is 30.7 Å². The van der Waals surface area contributed by atoms with E-state index in [0.29, 0.717) is 29.7 Å². The van der Waals surface area contributed by atoms with Crippen molar-refractivity contribution in [2.24, 2.45) is 5.92 Å². The van der Waals surface area contributed by atoms with Gasteiger partial charge >= 0.3 is 0 Å². The highest BCUT2D eigenvalue weighted by Crippen LogP contribution is 2.38. The molecular formula is C22H25ClN2O4. The third-order valence-electron chi connectivity index (χ3n) is 4.60. The van der Waals surface area contributed by atoms with Crippen molar-refractivity contribution < 1.29 is 19.1 Å². The zero-order chi connectivity index (χ0) is 20.8. The first-order valence-electron chi connectivity index (χ1n) is 9.63. The van der Waals surface area contributed by atoms with E-state index in [9.17, 15) is 9.59 Å². The molecule has 0 fully saturated rings. The molecule has 0 bridgehead atoms. The predicted molar refractivity (Wildman–Crippen MR) is 111 cm³/mol. The van der Waals surface area contributed by atoms with Crippen LogP contribution in [0, 0.1) is 5.92 Å². The Hall–Kier alpha value is -2.73. The highest BCUT2D eigenvalue weighted by Gasteiger charge is 2.24. The van der Waals surface area contributed by atoms with Crippen LogP contribution < -0.4 is 20.1 Å². The van der Waals surface area contributed by atoms with Gasteiger partial charge in [-0.2, -0.15) is 0 Å². The molecule has 1 aliphatic heterocycles. The molecule has 7 heteroatoms. The maximum absolute atomic E-state index is 12.7. The molecule has 0 radical (unpaired) electrons. The molecule has 1 aliphatic rings. The van der Waals surface area contributed by atoms with Crippen LogP contribution in [0.1, 0.15) is 25.0 Å². The van der Waals surface area contributed by atoms with E-state index in [1.807, 2.05) is 44.2 Å². The van der Waals surface area contributed by atoms with Gasteiger partial charge in [0.15, 0.2) is 11.5 Å². The molecule has 1 unspecified atom stereocenters. The monoisotopic (exact) mass is 416 g/mol. The van der Waals surface area contributed by atoms with Crippen molar-refractivity contribution in [2.45, 2.75) is 32.9 Å². The van der Waals surface area contributed by atoms with Crippen LogP contribution in [-0.4, -0.2) is 31.1 Å². The lowest BCUT2D eigenvalue weighted by Crippen LogP contribution is -2.49. The molecule has 2 aromatic rings. The number of ether oxygens (including phenoxy) is 2. The summed E-state index contributed by atoms with van der Waals surface area (Å²) in [4.78, 5) is 25.1. The van der Waals surface area contributed by atoms with Gasteiger partial charge < -0.3 is 20.1 Å². The van der Waals surface area contributed by atoms with Gasteiger partial charge in [-0.15, -0.1) is 0 Å². The Morgan fingerprint density at radius 3 is 2.52 bits per heavy atom. The van der Waals surface area contributed by atoms with Crippen LogP contribution in [0.3, 0.4) is 0 Å². The Bertz CT molecular complexity index is 871. The molecule has 0 aromatic heterocycles. The first-order valence-corrected chi connectivity index (χ1v) is 10.0. The van der Waals surface area contributed by atoms with Crippen LogP contribution in [0.5, 0.6) is 11.5 Å². The van der Waals surface area contributed by atoms with Gasteiger partial charge in [0.2, 0.25) is 11.8 Å². The third-order valence-corrected chi connectivity index (χ3v) is 4.88. The molecule has 2 amide bonds. The van der Waals surface area contributed by atoms with Crippen LogP contribution in [0.25, 0.3) is 0 Å². The quantitative estimate of drug-likeness (QED) is 0.727. The van der Waals surface area contributed by atoms with Crippen LogP contribution in [0.15, 0.2) is 42.5 Å². The van der Waals surface area contributed by atoms with Gasteiger partial charge in [-0.25, -0.2) is 0 Å². The van der Waals surface area contributed by atoms with Gasteiger partial charge in [-0.1, -0.05) is 55.8 Å². The van der Waals surface area contributed by atoms with Gasteiger partial charge in [-0.3, -0.25) is 9.59 Å². The molecular weight excluding hydrogens is 392 g/mol. The van der Waals surface area contributed by atoms with E-state index in [0.717, 1.165) is 11.1 Å². The second kappa shape index (κ2) is 9.65. The largest absolute Gasteiger partial charge is 0.486 e. The van der Waals surface area contributed by atoms with Gasteiger partial charge in [0, 0.05) is 6.54 Å². The molecule has 0 aliphatic carbocycles. The average molecular weight is 417 g/mol. The number of hydrogen-bond acceptors (Lipinski definition) is 4. The molecule has 0 saturated heterocycles. The molecule has 1 heterocycles. The van der Waals surface area contributed by atoms with Crippen molar-refractivity contribution in [3.05, 3.63) is 58.6 Å². The highest BCUT2D eigenvalue weighted by atomic mass is 35.5. The minimum atomic E-state index is -0.626. The van der Waals surface area contributed by atoms with E-state index >= 15 is 0 Å². The smallest absolute Gasteiger partial charge is 0.243 e. The summed E-state index contributed by atoms with van der Waals surface area (Å²) in [6.45, 7) is 4.98. The second-order valence-corrected chi connectivity index (χ2v) is 7.68. The minimum absolute atomic E-state index is 0.0569. The molecule has 154 valence electrons. The number of halogens is 1. The van der Waals surface area contributed by atoms with Crippen molar-refractivity contribution in [3.8, 4) is 11.5 Å². The van der Waals surface area contributed by atoms with Gasteiger partial charge in [0.25, 0.3) is 0 Å². The zero-order valence-corrected chi connectivity index (χ0v) is 17.3. The lowest BCUT2D eigenvalue weighted by Gasteiger charge is -2.23. The first-order chi connectivity index (χ1) is 13.9. The number of carbonyl (C=O) groups excluding carboxylic acids is 2. The van der Waals surface area contributed by atoms with E-state index in [1.54, 1.807) is 12.1 Å². The Kier molecular flexibility index (Phi) is 6.99. The standard InChI is InChI=1S/C22H25ClN2O4/c1-14(2)20(25-19(26)12-15-6-4-3-5-7-15)22(27)24-13-16-10-17(23)21-18(11-16)28-8-9-29-21/h3-7,10-11,14,20H,8-9,12-13H2,1-2H3,(H,24,27)(H,25,26). The van der Waals surface area contributed by atoms with E-state index in [1.165, 1.54) is 0 Å². The summed E-state index contributed by atoms with van der Waals surface area (Å²) in [5, 5.41) is 6.16. The maximum atomic E-state index is 12.7. The Balaban J connectivity index is 1.60. The Labute approximate surface area is 175 Å². The summed E-state index contributed by atoms with van der Waals surface area (Å²) in [6, 6.07) is 12.4. The normalized spacial score (nSPS) is 13.7. The number of benzene rings is 2. The van der Waals surface area contributed by atoms with Gasteiger partial charge in [-0.05, 0) is 29.2 Å². The third kappa shape index (κ3) is 5.64. The Morgan fingerprint density at radius 2 is 1.79 bits per heavy atom. The van der Waals surface area contributed by atoms with Crippen LogP contribution in [0.2, 0.25) is 5.02 Å². The molecule has 1 atom stereocenters. The fraction of sp³-hybridized carbons (Fsp3) is 0.364. The van der Waals surface area contributed by atoms with E-state index in [2.05, 4.69) is 10.6 Å². The maximum Gasteiger partial charge on any atom is 0.243 e. The lowest BCUT2D eigenvalue weighted by molar-refractivity contribution is -0.129. The van der Waals surface area contributed by atoms with Crippen LogP contribution in [-0.2, 0) is 22.6 Å². The minimum Gasteiger partial charge on any atom is -0.486 e. The van der Waals surface area contributed by atoms with Crippen molar-refractivity contribution in [3.63, 3.8) is 0 Å². The number of carbonyl (C=O) groups is 2. The second-order valence-electron chi connectivity index (χ2n) is 7.27. The number of hydrogen-bond donors (Lipinski definition) is 2. The van der Waals surface area contributed by atoms with Crippen molar-refractivity contribution in [2.75, 3.05) is 13.2 Å². The molecule has 2 aromatic carbocycles.